The van der Waals surface area contributed by atoms with Gasteiger partial charge in [-0.2, -0.15) is 0 Å². The Morgan fingerprint density at radius 3 is 2.91 bits per heavy atom. The Hall–Kier alpha value is -3.26. The zero-order valence-electron chi connectivity index (χ0n) is 18.3. The Kier molecular flexibility index (Phi) is 5.61. The van der Waals surface area contributed by atoms with Crippen molar-refractivity contribution in [2.24, 2.45) is 0 Å². The van der Waals surface area contributed by atoms with E-state index < -0.39 is 0 Å². The Morgan fingerprint density at radius 1 is 1.19 bits per heavy atom. The number of amides is 1. The highest BCUT2D eigenvalue weighted by Crippen LogP contribution is 2.32. The normalized spacial score (nSPS) is 16.1. The number of pyridine rings is 1. The van der Waals surface area contributed by atoms with Crippen LogP contribution in [0.5, 0.6) is 0 Å². The highest BCUT2D eigenvalue weighted by molar-refractivity contribution is 7.15. The van der Waals surface area contributed by atoms with Gasteiger partial charge in [0.05, 0.1) is 11.7 Å². The molecule has 0 aliphatic carbocycles. The summed E-state index contributed by atoms with van der Waals surface area (Å²) in [6, 6.07) is 16.3. The number of hydrogen-bond donors (Lipinski definition) is 1. The van der Waals surface area contributed by atoms with E-state index >= 15 is 0 Å². The largest absolute Gasteiger partial charge is 0.335 e. The quantitative estimate of drug-likeness (QED) is 0.457. The van der Waals surface area contributed by atoms with E-state index in [1.807, 2.05) is 35.2 Å². The lowest BCUT2D eigenvalue weighted by atomic mass is 10.1. The van der Waals surface area contributed by atoms with Gasteiger partial charge in [0.15, 0.2) is 0 Å². The summed E-state index contributed by atoms with van der Waals surface area (Å²) in [5.41, 5.74) is 3.11. The maximum absolute atomic E-state index is 13.3. The first-order valence-electron chi connectivity index (χ1n) is 11.0. The van der Waals surface area contributed by atoms with Crippen molar-refractivity contribution in [1.82, 2.24) is 24.6 Å². The van der Waals surface area contributed by atoms with Crippen LogP contribution in [0.2, 0.25) is 0 Å². The molecule has 1 amide bonds. The third kappa shape index (κ3) is 3.98. The van der Waals surface area contributed by atoms with E-state index in [2.05, 4.69) is 52.1 Å². The molecule has 5 rings (SSSR count). The number of carbonyl (C=O) groups is 1. The van der Waals surface area contributed by atoms with Crippen molar-refractivity contribution in [3.05, 3.63) is 64.9 Å². The molecule has 0 radical (unpaired) electrons. The average molecular weight is 447 g/mol. The number of rotatable bonds is 6. The molecular formula is C24H26N6OS. The highest BCUT2D eigenvalue weighted by Gasteiger charge is 2.31. The summed E-state index contributed by atoms with van der Waals surface area (Å²) in [7, 11) is 0. The van der Waals surface area contributed by atoms with Crippen molar-refractivity contribution in [3.63, 3.8) is 0 Å². The van der Waals surface area contributed by atoms with E-state index in [9.17, 15) is 4.79 Å². The first-order chi connectivity index (χ1) is 15.6. The van der Waals surface area contributed by atoms with Crippen LogP contribution >= 0.6 is 11.3 Å². The number of aryl methyl sites for hydroxylation is 2. The molecule has 1 aromatic carbocycles. The number of para-hydroxylation sites is 1. The highest BCUT2D eigenvalue weighted by atomic mass is 32.1. The zero-order valence-corrected chi connectivity index (χ0v) is 19.1. The van der Waals surface area contributed by atoms with Gasteiger partial charge in [0, 0.05) is 17.8 Å². The van der Waals surface area contributed by atoms with Crippen LogP contribution in [-0.2, 0) is 17.8 Å². The summed E-state index contributed by atoms with van der Waals surface area (Å²) in [6.45, 7) is 5.23. The van der Waals surface area contributed by atoms with Gasteiger partial charge in [0.1, 0.15) is 17.4 Å². The number of fused-ring (bicyclic) bond motifs is 1. The average Bonchev–Trinajstić information content (AvgIpc) is 3.53. The molecule has 1 saturated heterocycles. The van der Waals surface area contributed by atoms with Crippen LogP contribution in [0.1, 0.15) is 42.2 Å². The predicted octanol–water partition coefficient (Wildman–Crippen LogP) is 4.87. The second-order valence-corrected chi connectivity index (χ2v) is 9.17. The van der Waals surface area contributed by atoms with Gasteiger partial charge in [-0.1, -0.05) is 42.5 Å². The number of nitrogens with one attached hydrogen (secondary N) is 1. The summed E-state index contributed by atoms with van der Waals surface area (Å²) in [5.74, 6) is 0.863. The van der Waals surface area contributed by atoms with Gasteiger partial charge in [-0.05, 0) is 55.8 Å². The predicted molar refractivity (Wildman–Crippen MR) is 127 cm³/mol. The molecular weight excluding hydrogens is 420 g/mol. The van der Waals surface area contributed by atoms with E-state index in [4.69, 9.17) is 4.98 Å². The third-order valence-corrected chi connectivity index (χ3v) is 6.98. The standard InChI is InChI=1S/C24H26N6OS/c1-3-22-27-28-24(32-22)26-21-12-6-9-18(25-21)20-11-7-13-29(20)23(31)15-30-16(2)14-17-8-4-5-10-19(17)30/h4-6,8-10,12,14,20H,3,7,11,13,15H2,1-2H3,(H,25,26,28)/t20-/m1/s1. The topological polar surface area (TPSA) is 75.9 Å². The van der Waals surface area contributed by atoms with Crippen molar-refractivity contribution >= 4 is 39.1 Å². The van der Waals surface area contributed by atoms with Crippen molar-refractivity contribution in [1.29, 1.82) is 0 Å². The number of nitrogens with zero attached hydrogens (tertiary/aromatic N) is 5. The van der Waals surface area contributed by atoms with Crippen LogP contribution in [0.15, 0.2) is 48.5 Å². The van der Waals surface area contributed by atoms with Crippen LogP contribution in [0.3, 0.4) is 0 Å². The van der Waals surface area contributed by atoms with Gasteiger partial charge in [-0.3, -0.25) is 4.79 Å². The number of hydrogen-bond acceptors (Lipinski definition) is 6. The molecule has 3 aromatic heterocycles. The second kappa shape index (κ2) is 8.70. The molecule has 7 nitrogen and oxygen atoms in total. The Bertz CT molecular complexity index is 1260. The van der Waals surface area contributed by atoms with Gasteiger partial charge in [0.2, 0.25) is 11.0 Å². The van der Waals surface area contributed by atoms with E-state index in [0.29, 0.717) is 6.54 Å². The Labute approximate surface area is 191 Å². The van der Waals surface area contributed by atoms with Gasteiger partial charge < -0.3 is 14.8 Å². The third-order valence-electron chi connectivity index (χ3n) is 6.00. The number of aromatic nitrogens is 4. The van der Waals surface area contributed by atoms with E-state index in [0.717, 1.165) is 58.7 Å². The number of benzene rings is 1. The Balaban J connectivity index is 1.35. The first-order valence-corrected chi connectivity index (χ1v) is 11.8. The van der Waals surface area contributed by atoms with Crippen molar-refractivity contribution in [2.75, 3.05) is 11.9 Å². The number of likely N-dealkylation sites (tertiary alicyclic amines) is 1. The summed E-state index contributed by atoms with van der Waals surface area (Å²) >= 11 is 1.53. The van der Waals surface area contributed by atoms with E-state index in [1.54, 1.807) is 0 Å². The molecule has 4 heterocycles. The van der Waals surface area contributed by atoms with E-state index in [1.165, 1.54) is 16.7 Å². The van der Waals surface area contributed by atoms with Crippen LogP contribution in [-0.4, -0.2) is 37.1 Å². The van der Waals surface area contributed by atoms with Crippen LogP contribution < -0.4 is 5.32 Å². The smallest absolute Gasteiger partial charge is 0.243 e. The number of carbonyl (C=O) groups excluding carboxylic acids is 1. The van der Waals surface area contributed by atoms with Crippen molar-refractivity contribution in [3.8, 4) is 0 Å². The van der Waals surface area contributed by atoms with Crippen molar-refractivity contribution in [2.45, 2.75) is 45.7 Å². The molecule has 1 aliphatic rings. The van der Waals surface area contributed by atoms with Gasteiger partial charge in [-0.25, -0.2) is 4.98 Å². The number of anilines is 2. The Morgan fingerprint density at radius 2 is 2.06 bits per heavy atom. The maximum atomic E-state index is 13.3. The molecule has 0 bridgehead atoms. The molecule has 1 N–H and O–H groups in total. The second-order valence-electron chi connectivity index (χ2n) is 8.10. The van der Waals surface area contributed by atoms with Crippen molar-refractivity contribution < 1.29 is 4.79 Å². The molecule has 0 spiro atoms. The lowest BCUT2D eigenvalue weighted by molar-refractivity contribution is -0.132. The molecule has 1 aliphatic heterocycles. The fraction of sp³-hybridized carbons (Fsp3) is 0.333. The summed E-state index contributed by atoms with van der Waals surface area (Å²) in [4.78, 5) is 20.1. The van der Waals surface area contributed by atoms with Crippen LogP contribution in [0.4, 0.5) is 10.9 Å². The minimum Gasteiger partial charge on any atom is -0.335 e. The fourth-order valence-corrected chi connectivity index (χ4v) is 5.11. The molecule has 1 atom stereocenters. The van der Waals surface area contributed by atoms with Gasteiger partial charge >= 0.3 is 0 Å². The minimum absolute atomic E-state index is 0.00740. The molecule has 4 aromatic rings. The molecule has 32 heavy (non-hydrogen) atoms. The van der Waals surface area contributed by atoms with E-state index in [-0.39, 0.29) is 11.9 Å². The molecule has 164 valence electrons. The molecule has 0 unspecified atom stereocenters. The SMILES string of the molecule is CCc1nnc(Nc2cccc([C@H]3CCCN3C(=O)Cn3c(C)cc4ccccc43)n2)s1. The van der Waals surface area contributed by atoms with Gasteiger partial charge in [0.25, 0.3) is 0 Å². The summed E-state index contributed by atoms with van der Waals surface area (Å²) in [5, 5.41) is 14.5. The lowest BCUT2D eigenvalue weighted by Crippen LogP contribution is -2.34. The monoisotopic (exact) mass is 446 g/mol. The van der Waals surface area contributed by atoms with Crippen LogP contribution in [0, 0.1) is 6.92 Å². The first kappa shape index (κ1) is 20.6. The fourth-order valence-electron chi connectivity index (χ4n) is 4.42. The molecule has 1 fully saturated rings. The molecule has 0 saturated carbocycles. The summed E-state index contributed by atoms with van der Waals surface area (Å²) < 4.78 is 2.11. The molecule has 8 heteroatoms. The maximum Gasteiger partial charge on any atom is 0.243 e. The van der Waals surface area contributed by atoms with Gasteiger partial charge in [-0.15, -0.1) is 10.2 Å². The lowest BCUT2D eigenvalue weighted by Gasteiger charge is -2.25. The zero-order chi connectivity index (χ0) is 22.1. The summed E-state index contributed by atoms with van der Waals surface area (Å²) in [6.07, 6.45) is 2.77. The minimum atomic E-state index is -0.00740. The van der Waals surface area contributed by atoms with Crippen LogP contribution in [0.25, 0.3) is 10.9 Å².